The van der Waals surface area contributed by atoms with Crippen LogP contribution < -0.4 is 16.0 Å². The van der Waals surface area contributed by atoms with Gasteiger partial charge < -0.3 is 10.6 Å². The van der Waals surface area contributed by atoms with Crippen molar-refractivity contribution in [2.45, 2.75) is 24.4 Å². The first-order chi connectivity index (χ1) is 12.5. The number of nitrogens with one attached hydrogen (secondary N) is 3. The molecule has 0 bridgehead atoms. The maximum absolute atomic E-state index is 13.1. The van der Waals surface area contributed by atoms with E-state index >= 15 is 0 Å². The molecular weight excluding hydrogens is 393 g/mol. The second kappa shape index (κ2) is 7.02. The number of amides is 1. The molecule has 4 rings (SSSR count). The number of rotatable bonds is 1. The first kappa shape index (κ1) is 18.1. The zero-order valence-electron chi connectivity index (χ0n) is 13.9. The molecule has 1 amide bonds. The van der Waals surface area contributed by atoms with Crippen molar-refractivity contribution in [3.05, 3.63) is 62.6 Å². The van der Waals surface area contributed by atoms with E-state index in [1.807, 2.05) is 24.3 Å². The van der Waals surface area contributed by atoms with Gasteiger partial charge >= 0.3 is 0 Å². The summed E-state index contributed by atoms with van der Waals surface area (Å²) in [4.78, 5) is 13.1. The van der Waals surface area contributed by atoms with Gasteiger partial charge in [-0.1, -0.05) is 40.9 Å². The Morgan fingerprint density at radius 3 is 2.35 bits per heavy atom. The Labute approximate surface area is 167 Å². The highest BCUT2D eigenvalue weighted by Gasteiger charge is 2.44. The number of anilines is 1. The summed E-state index contributed by atoms with van der Waals surface area (Å²) in [6, 6.07) is 10.7. The van der Waals surface area contributed by atoms with E-state index in [-0.39, 0.29) is 11.9 Å². The number of piperidine rings is 1. The van der Waals surface area contributed by atoms with Crippen molar-refractivity contribution in [1.29, 1.82) is 0 Å². The van der Waals surface area contributed by atoms with Crippen LogP contribution in [0.2, 0.25) is 15.1 Å². The predicted octanol–water partition coefficient (Wildman–Crippen LogP) is 4.40. The SMILES string of the molecule is O=C1Nc2ccc(Cl)cc2C(c2ccc(Cl)cc2Cl)NC12CCNCC2. The van der Waals surface area contributed by atoms with Gasteiger partial charge in [0.2, 0.25) is 5.91 Å². The Hall–Kier alpha value is -1.30. The lowest BCUT2D eigenvalue weighted by Crippen LogP contribution is -2.59. The molecule has 2 aliphatic rings. The van der Waals surface area contributed by atoms with Crippen LogP contribution in [-0.2, 0) is 4.79 Å². The van der Waals surface area contributed by atoms with Gasteiger partial charge in [-0.2, -0.15) is 0 Å². The smallest absolute Gasteiger partial charge is 0.244 e. The Morgan fingerprint density at radius 2 is 1.62 bits per heavy atom. The van der Waals surface area contributed by atoms with Crippen molar-refractivity contribution >= 4 is 46.4 Å². The zero-order valence-corrected chi connectivity index (χ0v) is 16.2. The van der Waals surface area contributed by atoms with Crippen LogP contribution in [-0.4, -0.2) is 24.5 Å². The van der Waals surface area contributed by atoms with Crippen molar-refractivity contribution in [2.24, 2.45) is 0 Å². The van der Waals surface area contributed by atoms with Crippen LogP contribution in [0.5, 0.6) is 0 Å². The van der Waals surface area contributed by atoms with E-state index in [1.54, 1.807) is 12.1 Å². The van der Waals surface area contributed by atoms with Crippen molar-refractivity contribution in [3.8, 4) is 0 Å². The van der Waals surface area contributed by atoms with Crippen LogP contribution >= 0.6 is 34.8 Å². The average molecular weight is 411 g/mol. The zero-order chi connectivity index (χ0) is 18.3. The fourth-order valence-electron chi connectivity index (χ4n) is 3.75. The summed E-state index contributed by atoms with van der Waals surface area (Å²) in [7, 11) is 0. The standard InChI is InChI=1S/C19H18Cl3N3O/c20-11-2-4-16-14(9-11)17(13-3-1-12(21)10-15(13)22)25-19(18(26)24-16)5-7-23-8-6-19/h1-4,9-10,17,23,25H,5-8H2,(H,24,26). The van der Waals surface area contributed by atoms with E-state index in [4.69, 9.17) is 34.8 Å². The number of hydrogen-bond acceptors (Lipinski definition) is 3. The molecule has 26 heavy (non-hydrogen) atoms. The van der Waals surface area contributed by atoms with E-state index in [1.165, 1.54) is 0 Å². The lowest BCUT2D eigenvalue weighted by atomic mass is 9.85. The Morgan fingerprint density at radius 1 is 0.923 bits per heavy atom. The van der Waals surface area contributed by atoms with Crippen molar-refractivity contribution in [1.82, 2.24) is 10.6 Å². The van der Waals surface area contributed by atoms with Gasteiger partial charge in [0.05, 0.1) is 6.04 Å². The van der Waals surface area contributed by atoms with Crippen LogP contribution in [0.3, 0.4) is 0 Å². The Bertz CT molecular complexity index is 865. The molecule has 1 fully saturated rings. The third-order valence-corrected chi connectivity index (χ3v) is 5.96. The highest BCUT2D eigenvalue weighted by Crippen LogP contribution is 2.40. The average Bonchev–Trinajstić information content (AvgIpc) is 2.72. The number of carbonyl (C=O) groups is 1. The fraction of sp³-hybridized carbons (Fsp3) is 0.316. The maximum atomic E-state index is 13.1. The first-order valence-corrected chi connectivity index (χ1v) is 9.66. The van der Waals surface area contributed by atoms with Gasteiger partial charge in [0.25, 0.3) is 0 Å². The van der Waals surface area contributed by atoms with Gasteiger partial charge in [-0.3, -0.25) is 10.1 Å². The summed E-state index contributed by atoms with van der Waals surface area (Å²) in [6.45, 7) is 1.55. The minimum Gasteiger partial charge on any atom is -0.324 e. The van der Waals surface area contributed by atoms with Gasteiger partial charge in [-0.05, 0) is 67.4 Å². The molecule has 0 aromatic heterocycles. The molecule has 2 heterocycles. The van der Waals surface area contributed by atoms with Gasteiger partial charge in [-0.15, -0.1) is 0 Å². The molecule has 1 spiro atoms. The third-order valence-electron chi connectivity index (χ3n) is 5.16. The molecular formula is C19H18Cl3N3O. The van der Waals surface area contributed by atoms with E-state index < -0.39 is 5.54 Å². The largest absolute Gasteiger partial charge is 0.324 e. The third kappa shape index (κ3) is 3.21. The Kier molecular flexibility index (Phi) is 4.88. The minimum absolute atomic E-state index is 0.0184. The second-order valence-electron chi connectivity index (χ2n) is 6.76. The summed E-state index contributed by atoms with van der Waals surface area (Å²) in [5.41, 5.74) is 1.85. The molecule has 1 unspecified atom stereocenters. The number of halogens is 3. The molecule has 136 valence electrons. The van der Waals surface area contributed by atoms with E-state index in [9.17, 15) is 4.79 Å². The van der Waals surface area contributed by atoms with E-state index in [2.05, 4.69) is 16.0 Å². The lowest BCUT2D eigenvalue weighted by molar-refractivity contribution is -0.123. The number of fused-ring (bicyclic) bond motifs is 1. The predicted molar refractivity (Wildman–Crippen MR) is 106 cm³/mol. The van der Waals surface area contributed by atoms with E-state index in [0.29, 0.717) is 27.9 Å². The molecule has 4 nitrogen and oxygen atoms in total. The first-order valence-electron chi connectivity index (χ1n) is 8.53. The van der Waals surface area contributed by atoms with Crippen LogP contribution in [0.1, 0.15) is 30.0 Å². The topological polar surface area (TPSA) is 53.2 Å². The molecule has 0 aliphatic carbocycles. The maximum Gasteiger partial charge on any atom is 0.244 e. The summed E-state index contributed by atoms with van der Waals surface area (Å²) in [5, 5.41) is 11.7. The molecule has 2 aliphatic heterocycles. The number of benzene rings is 2. The molecule has 3 N–H and O–H groups in total. The number of hydrogen-bond donors (Lipinski definition) is 3. The monoisotopic (exact) mass is 409 g/mol. The van der Waals surface area contributed by atoms with Crippen LogP contribution in [0, 0.1) is 0 Å². The van der Waals surface area contributed by atoms with Gasteiger partial charge in [0.15, 0.2) is 0 Å². The highest BCUT2D eigenvalue weighted by molar-refractivity contribution is 6.35. The molecule has 1 saturated heterocycles. The Balaban J connectivity index is 1.88. The summed E-state index contributed by atoms with van der Waals surface area (Å²) < 4.78 is 0. The quantitative estimate of drug-likeness (QED) is 0.653. The molecule has 0 radical (unpaired) electrons. The van der Waals surface area contributed by atoms with Crippen LogP contribution in [0.15, 0.2) is 36.4 Å². The van der Waals surface area contributed by atoms with Crippen molar-refractivity contribution in [3.63, 3.8) is 0 Å². The van der Waals surface area contributed by atoms with Crippen molar-refractivity contribution in [2.75, 3.05) is 18.4 Å². The fourth-order valence-corrected chi connectivity index (χ4v) is 4.45. The van der Waals surface area contributed by atoms with Gasteiger partial charge in [0, 0.05) is 20.8 Å². The van der Waals surface area contributed by atoms with Crippen LogP contribution in [0.4, 0.5) is 5.69 Å². The number of carbonyl (C=O) groups excluding carboxylic acids is 1. The van der Waals surface area contributed by atoms with Gasteiger partial charge in [0.1, 0.15) is 5.54 Å². The molecule has 2 aromatic carbocycles. The second-order valence-corrected chi connectivity index (χ2v) is 8.04. The van der Waals surface area contributed by atoms with E-state index in [0.717, 1.165) is 29.9 Å². The van der Waals surface area contributed by atoms with Gasteiger partial charge in [-0.25, -0.2) is 0 Å². The summed E-state index contributed by atoms with van der Waals surface area (Å²) >= 11 is 18.8. The molecule has 2 aromatic rings. The van der Waals surface area contributed by atoms with Crippen LogP contribution in [0.25, 0.3) is 0 Å². The molecule has 1 atom stereocenters. The minimum atomic E-state index is -0.662. The summed E-state index contributed by atoms with van der Waals surface area (Å²) in [6.07, 6.45) is 1.39. The normalized spacial score (nSPS) is 21.8. The molecule has 7 heteroatoms. The lowest BCUT2D eigenvalue weighted by Gasteiger charge is -2.38. The summed E-state index contributed by atoms with van der Waals surface area (Å²) in [5.74, 6) is -0.0184. The molecule has 0 saturated carbocycles. The highest BCUT2D eigenvalue weighted by atomic mass is 35.5. The van der Waals surface area contributed by atoms with Crippen molar-refractivity contribution < 1.29 is 4.79 Å².